The predicted molar refractivity (Wildman–Crippen MR) is 99.7 cm³/mol. The zero-order valence-corrected chi connectivity index (χ0v) is 16.2. The Bertz CT molecular complexity index is 679. The van der Waals surface area contributed by atoms with Gasteiger partial charge >= 0.3 is 0 Å². The molecule has 7 nitrogen and oxygen atoms in total. The number of carbonyl (C=O) groups excluding carboxylic acids is 1. The van der Waals surface area contributed by atoms with Gasteiger partial charge in [-0.3, -0.25) is 14.4 Å². The van der Waals surface area contributed by atoms with Crippen LogP contribution in [0.5, 0.6) is 0 Å². The average Bonchev–Trinajstić information content (AvgIpc) is 3.13. The topological polar surface area (TPSA) is 70.8 Å². The minimum absolute atomic E-state index is 0.0840. The van der Waals surface area contributed by atoms with E-state index < -0.39 is 6.10 Å². The van der Waals surface area contributed by atoms with Gasteiger partial charge in [-0.25, -0.2) is 0 Å². The van der Waals surface area contributed by atoms with Crippen molar-refractivity contribution in [1.29, 1.82) is 0 Å². The highest BCUT2D eigenvalue weighted by molar-refractivity contribution is 5.92. The highest BCUT2D eigenvalue weighted by atomic mass is 16.5. The first-order valence-electron chi connectivity index (χ1n) is 9.35. The molecule has 1 amide bonds. The van der Waals surface area contributed by atoms with Crippen molar-refractivity contribution in [3.63, 3.8) is 0 Å². The summed E-state index contributed by atoms with van der Waals surface area (Å²) in [4.78, 5) is 16.6. The van der Waals surface area contributed by atoms with Gasteiger partial charge in [-0.05, 0) is 32.8 Å². The summed E-state index contributed by atoms with van der Waals surface area (Å²) in [6, 6.07) is -0.0259. The Morgan fingerprint density at radius 1 is 1.31 bits per heavy atom. The fourth-order valence-electron chi connectivity index (χ4n) is 4.14. The minimum Gasteiger partial charge on any atom is -0.389 e. The summed E-state index contributed by atoms with van der Waals surface area (Å²) in [6.45, 7) is 7.07. The maximum Gasteiger partial charge on any atom is 0.246 e. The summed E-state index contributed by atoms with van der Waals surface area (Å²) in [5.41, 5.74) is 2.92. The SMILES string of the molecule is Cc1nn(C)c(C)c1/C=C/C(=O)N(C)[C@@H]1CC[C@@H](N2CCOCC2)[C@@H]1O. The number of hydrogen-bond acceptors (Lipinski definition) is 5. The number of carbonyl (C=O) groups is 1. The molecule has 1 N–H and O–H groups in total. The molecule has 2 heterocycles. The molecule has 1 saturated carbocycles. The number of rotatable bonds is 4. The van der Waals surface area contributed by atoms with Crippen LogP contribution in [0.15, 0.2) is 6.08 Å². The third-order valence-electron chi connectivity index (χ3n) is 5.86. The van der Waals surface area contributed by atoms with Crippen molar-refractivity contribution in [2.45, 2.75) is 44.9 Å². The molecule has 1 aliphatic heterocycles. The maximum atomic E-state index is 12.6. The number of amides is 1. The van der Waals surface area contributed by atoms with Gasteiger partial charge in [0.25, 0.3) is 0 Å². The second kappa shape index (κ2) is 7.90. The van der Waals surface area contributed by atoms with Crippen LogP contribution < -0.4 is 0 Å². The predicted octanol–water partition coefficient (Wildman–Crippen LogP) is 0.733. The van der Waals surface area contributed by atoms with Crippen LogP contribution in [-0.2, 0) is 16.6 Å². The van der Waals surface area contributed by atoms with E-state index in [1.54, 1.807) is 18.0 Å². The summed E-state index contributed by atoms with van der Waals surface area (Å²) < 4.78 is 7.21. The number of nitrogens with zero attached hydrogens (tertiary/aromatic N) is 4. The Kier molecular flexibility index (Phi) is 5.79. The summed E-state index contributed by atoms with van der Waals surface area (Å²) in [6.07, 6.45) is 4.64. The highest BCUT2D eigenvalue weighted by Gasteiger charge is 2.41. The van der Waals surface area contributed by atoms with Gasteiger partial charge in [0.1, 0.15) is 0 Å². The van der Waals surface area contributed by atoms with Crippen molar-refractivity contribution in [3.8, 4) is 0 Å². The molecule has 0 bridgehead atoms. The third kappa shape index (κ3) is 3.70. The fraction of sp³-hybridized carbons (Fsp3) is 0.684. The zero-order chi connectivity index (χ0) is 18.8. The lowest BCUT2D eigenvalue weighted by Crippen LogP contribution is -2.51. The van der Waals surface area contributed by atoms with Crippen molar-refractivity contribution >= 4 is 12.0 Å². The van der Waals surface area contributed by atoms with Crippen LogP contribution in [0, 0.1) is 13.8 Å². The van der Waals surface area contributed by atoms with E-state index in [4.69, 9.17) is 4.74 Å². The van der Waals surface area contributed by atoms with E-state index in [1.807, 2.05) is 31.7 Å². The minimum atomic E-state index is -0.516. The monoisotopic (exact) mass is 362 g/mol. The first-order chi connectivity index (χ1) is 12.4. The molecule has 0 unspecified atom stereocenters. The maximum absolute atomic E-state index is 12.6. The molecular formula is C19H30N4O3. The van der Waals surface area contributed by atoms with Gasteiger partial charge < -0.3 is 14.7 Å². The number of morpholine rings is 1. The van der Waals surface area contributed by atoms with Crippen molar-refractivity contribution in [1.82, 2.24) is 19.6 Å². The number of likely N-dealkylation sites (N-methyl/N-ethyl adjacent to an activating group) is 1. The average molecular weight is 362 g/mol. The molecule has 0 aromatic carbocycles. The van der Waals surface area contributed by atoms with E-state index in [0.29, 0.717) is 0 Å². The van der Waals surface area contributed by atoms with Crippen LogP contribution in [0.3, 0.4) is 0 Å². The molecule has 1 aromatic rings. The summed E-state index contributed by atoms with van der Waals surface area (Å²) >= 11 is 0. The van der Waals surface area contributed by atoms with E-state index in [-0.39, 0.29) is 18.0 Å². The van der Waals surface area contributed by atoms with Crippen molar-refractivity contribution in [3.05, 3.63) is 23.0 Å². The smallest absolute Gasteiger partial charge is 0.246 e. The number of aromatic nitrogens is 2. The molecule has 7 heteroatoms. The van der Waals surface area contributed by atoms with E-state index >= 15 is 0 Å². The summed E-state index contributed by atoms with van der Waals surface area (Å²) in [5, 5.41) is 15.2. The molecule has 144 valence electrons. The van der Waals surface area contributed by atoms with Crippen molar-refractivity contribution in [2.75, 3.05) is 33.4 Å². The molecule has 1 saturated heterocycles. The van der Waals surface area contributed by atoms with Gasteiger partial charge in [0.15, 0.2) is 0 Å². The first-order valence-corrected chi connectivity index (χ1v) is 9.35. The Morgan fingerprint density at radius 2 is 2.00 bits per heavy atom. The molecule has 2 aliphatic rings. The molecule has 26 heavy (non-hydrogen) atoms. The third-order valence-corrected chi connectivity index (χ3v) is 5.86. The molecule has 2 fully saturated rings. The number of aryl methyl sites for hydroxylation is 2. The van der Waals surface area contributed by atoms with Crippen LogP contribution in [-0.4, -0.2) is 82.1 Å². The van der Waals surface area contributed by atoms with E-state index in [1.165, 1.54) is 0 Å². The molecule has 1 aliphatic carbocycles. The van der Waals surface area contributed by atoms with Crippen LogP contribution in [0.4, 0.5) is 0 Å². The molecule has 1 aromatic heterocycles. The number of ether oxygens (including phenoxy) is 1. The lowest BCUT2D eigenvalue weighted by molar-refractivity contribution is -0.129. The molecule has 3 atom stereocenters. The standard InChI is InChI=1S/C19H30N4O3/c1-13-15(14(2)22(4)20-13)5-8-18(24)21(3)16-6-7-17(19(16)25)23-9-11-26-12-10-23/h5,8,16-17,19,25H,6-7,9-12H2,1-4H3/b8-5+/t16-,17-,19-/m1/s1. The van der Waals surface area contributed by atoms with Gasteiger partial charge in [0.2, 0.25) is 5.91 Å². The van der Waals surface area contributed by atoms with Crippen LogP contribution in [0.25, 0.3) is 6.08 Å². The van der Waals surface area contributed by atoms with Crippen LogP contribution in [0.1, 0.15) is 29.8 Å². The highest BCUT2D eigenvalue weighted by Crippen LogP contribution is 2.29. The lowest BCUT2D eigenvalue weighted by Gasteiger charge is -2.36. The van der Waals surface area contributed by atoms with Gasteiger partial charge in [-0.1, -0.05) is 0 Å². The molecule has 3 rings (SSSR count). The number of aliphatic hydroxyl groups excluding tert-OH is 1. The largest absolute Gasteiger partial charge is 0.389 e. The Morgan fingerprint density at radius 3 is 2.62 bits per heavy atom. The van der Waals surface area contributed by atoms with Gasteiger partial charge in [0, 0.05) is 50.6 Å². The van der Waals surface area contributed by atoms with Gasteiger partial charge in [0.05, 0.1) is 31.1 Å². The van der Waals surface area contributed by atoms with Gasteiger partial charge in [-0.15, -0.1) is 0 Å². The van der Waals surface area contributed by atoms with Crippen LogP contribution >= 0.6 is 0 Å². The lowest BCUT2D eigenvalue weighted by atomic mass is 10.1. The number of hydrogen-bond donors (Lipinski definition) is 1. The second-order valence-electron chi connectivity index (χ2n) is 7.34. The van der Waals surface area contributed by atoms with E-state index in [0.717, 1.165) is 56.1 Å². The summed E-state index contributed by atoms with van der Waals surface area (Å²) in [7, 11) is 3.68. The first kappa shape index (κ1) is 19.1. The van der Waals surface area contributed by atoms with Crippen LogP contribution in [0.2, 0.25) is 0 Å². The fourth-order valence-corrected chi connectivity index (χ4v) is 4.14. The summed E-state index contributed by atoms with van der Waals surface area (Å²) in [5.74, 6) is -0.0840. The second-order valence-corrected chi connectivity index (χ2v) is 7.34. The van der Waals surface area contributed by atoms with Crippen molar-refractivity contribution < 1.29 is 14.6 Å². The Balaban J connectivity index is 1.64. The Hall–Kier alpha value is -1.70. The van der Waals surface area contributed by atoms with E-state index in [2.05, 4.69) is 10.00 Å². The molecular weight excluding hydrogens is 332 g/mol. The zero-order valence-electron chi connectivity index (χ0n) is 16.2. The molecule has 0 radical (unpaired) electrons. The van der Waals surface area contributed by atoms with Gasteiger partial charge in [-0.2, -0.15) is 5.10 Å². The number of aliphatic hydroxyl groups is 1. The van der Waals surface area contributed by atoms with E-state index in [9.17, 15) is 9.90 Å². The quantitative estimate of drug-likeness (QED) is 0.800. The Labute approximate surface area is 155 Å². The molecule has 0 spiro atoms. The normalized spacial score (nSPS) is 27.3. The van der Waals surface area contributed by atoms with Crippen molar-refractivity contribution in [2.24, 2.45) is 7.05 Å².